The van der Waals surface area contributed by atoms with Gasteiger partial charge in [0.1, 0.15) is 17.2 Å². The zero-order chi connectivity index (χ0) is 24.6. The van der Waals surface area contributed by atoms with Crippen molar-refractivity contribution in [3.8, 4) is 0 Å². The van der Waals surface area contributed by atoms with Crippen molar-refractivity contribution < 1.29 is 18.3 Å². The van der Waals surface area contributed by atoms with E-state index in [1.54, 1.807) is 45.0 Å². The van der Waals surface area contributed by atoms with Crippen LogP contribution in [0.5, 0.6) is 0 Å². The summed E-state index contributed by atoms with van der Waals surface area (Å²) in [7, 11) is 0. The van der Waals surface area contributed by atoms with Crippen LogP contribution >= 0.6 is 0 Å². The molecule has 1 amide bonds. The molecule has 0 fully saturated rings. The Labute approximate surface area is 195 Å². The number of nitrogens with zero attached hydrogens (tertiary/aromatic N) is 3. The van der Waals surface area contributed by atoms with E-state index in [-0.39, 0.29) is 24.5 Å². The molecule has 4 rings (SSSR count). The number of amides is 1. The van der Waals surface area contributed by atoms with Crippen LogP contribution in [-0.2, 0) is 17.7 Å². The molecule has 7 nitrogen and oxygen atoms in total. The molecule has 0 bridgehead atoms. The number of ether oxygens (including phenoxy) is 1. The molecule has 0 spiro atoms. The lowest BCUT2D eigenvalue weighted by atomic mass is 9.97. The van der Waals surface area contributed by atoms with Gasteiger partial charge in [-0.15, -0.1) is 0 Å². The number of carbonyl (C=O) groups excluding carboxylic acids is 1. The molecule has 1 aliphatic rings. The van der Waals surface area contributed by atoms with E-state index in [4.69, 9.17) is 10.5 Å². The number of nitrogen functional groups attached to an aromatic ring is 1. The highest BCUT2D eigenvalue weighted by Gasteiger charge is 2.30. The molecule has 0 radical (unpaired) electrons. The molecule has 0 saturated carbocycles. The Hall–Kier alpha value is -3.75. The Morgan fingerprint density at radius 3 is 2.06 bits per heavy atom. The minimum atomic E-state index is -0.740. The zero-order valence-corrected chi connectivity index (χ0v) is 19.2. The van der Waals surface area contributed by atoms with Crippen molar-refractivity contribution in [3.63, 3.8) is 0 Å². The molecular weight excluding hydrogens is 442 g/mol. The van der Waals surface area contributed by atoms with Crippen molar-refractivity contribution in [1.82, 2.24) is 14.5 Å². The number of hydrogen-bond donors (Lipinski definition) is 1. The van der Waals surface area contributed by atoms with Crippen molar-refractivity contribution in [2.75, 3.05) is 12.3 Å². The Morgan fingerprint density at radius 1 is 1.03 bits per heavy atom. The van der Waals surface area contributed by atoms with Gasteiger partial charge in [-0.05, 0) is 62.6 Å². The third-order valence-corrected chi connectivity index (χ3v) is 5.58. The third-order valence-electron chi connectivity index (χ3n) is 5.58. The van der Waals surface area contributed by atoms with Crippen LogP contribution in [0.3, 0.4) is 0 Å². The van der Waals surface area contributed by atoms with E-state index < -0.39 is 29.4 Å². The summed E-state index contributed by atoms with van der Waals surface area (Å²) in [6.45, 7) is 5.73. The van der Waals surface area contributed by atoms with Crippen LogP contribution in [0.4, 0.5) is 19.5 Å². The first-order valence-corrected chi connectivity index (χ1v) is 10.9. The average molecular weight is 469 g/mol. The summed E-state index contributed by atoms with van der Waals surface area (Å²) in [6.07, 6.45) is -0.210. The maximum Gasteiger partial charge on any atom is 0.410 e. The topological polar surface area (TPSA) is 90.4 Å². The smallest absolute Gasteiger partial charge is 0.410 e. The molecular formula is C25H26F2N4O3. The average Bonchev–Trinajstić information content (AvgIpc) is 2.77. The van der Waals surface area contributed by atoms with Crippen LogP contribution in [0.2, 0.25) is 0 Å². The van der Waals surface area contributed by atoms with Crippen LogP contribution < -0.4 is 11.3 Å². The largest absolute Gasteiger partial charge is 0.444 e. The molecule has 178 valence electrons. The van der Waals surface area contributed by atoms with E-state index in [0.717, 1.165) is 0 Å². The number of rotatable bonds is 3. The van der Waals surface area contributed by atoms with Gasteiger partial charge in [-0.25, -0.2) is 18.6 Å². The highest BCUT2D eigenvalue weighted by atomic mass is 19.1. The van der Waals surface area contributed by atoms with Crippen molar-refractivity contribution >= 4 is 12.0 Å². The first kappa shape index (κ1) is 23.4. The number of aromatic nitrogens is 2. The first-order chi connectivity index (χ1) is 16.0. The number of carbonyl (C=O) groups is 1. The lowest BCUT2D eigenvalue weighted by Crippen LogP contribution is -2.43. The van der Waals surface area contributed by atoms with E-state index in [1.807, 2.05) is 0 Å². The van der Waals surface area contributed by atoms with Crippen molar-refractivity contribution in [1.29, 1.82) is 0 Å². The molecule has 0 saturated heterocycles. The fourth-order valence-corrected chi connectivity index (χ4v) is 4.03. The Balaban J connectivity index is 1.77. The van der Waals surface area contributed by atoms with Crippen LogP contribution in [-0.4, -0.2) is 32.7 Å². The quantitative estimate of drug-likeness (QED) is 0.627. The van der Waals surface area contributed by atoms with Crippen molar-refractivity contribution in [3.05, 3.63) is 92.9 Å². The monoisotopic (exact) mass is 468 g/mol. The number of halogens is 2. The van der Waals surface area contributed by atoms with Gasteiger partial charge in [0, 0.05) is 12.1 Å². The SMILES string of the molecule is CC(C)(C)OC(=O)N1CCc2c(nc(N)n(C(c3ccc(F)cc3)c3ccc(F)cc3)c2=O)C1. The van der Waals surface area contributed by atoms with Crippen LogP contribution in [0, 0.1) is 11.6 Å². The summed E-state index contributed by atoms with van der Waals surface area (Å²) in [5, 5.41) is 0. The van der Waals surface area contributed by atoms with Gasteiger partial charge in [0.2, 0.25) is 5.95 Å². The highest BCUT2D eigenvalue weighted by Crippen LogP contribution is 2.29. The molecule has 2 aromatic carbocycles. The number of hydrogen-bond acceptors (Lipinski definition) is 5. The van der Waals surface area contributed by atoms with Gasteiger partial charge in [-0.3, -0.25) is 9.36 Å². The predicted molar refractivity (Wildman–Crippen MR) is 123 cm³/mol. The molecule has 1 aliphatic heterocycles. The van der Waals surface area contributed by atoms with Gasteiger partial charge in [-0.1, -0.05) is 24.3 Å². The lowest BCUT2D eigenvalue weighted by molar-refractivity contribution is 0.0220. The fraction of sp³-hybridized carbons (Fsp3) is 0.320. The lowest BCUT2D eigenvalue weighted by Gasteiger charge is -2.31. The summed E-state index contributed by atoms with van der Waals surface area (Å²) in [5.41, 5.74) is 7.31. The molecule has 2 heterocycles. The maximum absolute atomic E-state index is 13.6. The van der Waals surface area contributed by atoms with Gasteiger partial charge < -0.3 is 15.4 Å². The van der Waals surface area contributed by atoms with E-state index >= 15 is 0 Å². The molecule has 1 aromatic heterocycles. The van der Waals surface area contributed by atoms with Gasteiger partial charge >= 0.3 is 6.09 Å². The Kier molecular flexibility index (Phi) is 6.12. The summed E-state index contributed by atoms with van der Waals surface area (Å²) in [5.74, 6) is -0.908. The summed E-state index contributed by atoms with van der Waals surface area (Å²) in [4.78, 5) is 32.1. The summed E-state index contributed by atoms with van der Waals surface area (Å²) < 4.78 is 34.0. The van der Waals surface area contributed by atoms with Gasteiger partial charge in [0.15, 0.2) is 0 Å². The second kappa shape index (κ2) is 8.89. The minimum Gasteiger partial charge on any atom is -0.444 e. The fourth-order valence-electron chi connectivity index (χ4n) is 4.03. The number of anilines is 1. The molecule has 0 unspecified atom stereocenters. The maximum atomic E-state index is 13.6. The van der Waals surface area contributed by atoms with Crippen LogP contribution in [0.25, 0.3) is 0 Å². The number of fused-ring (bicyclic) bond motifs is 1. The zero-order valence-electron chi connectivity index (χ0n) is 19.2. The Bertz CT molecular complexity index is 1220. The van der Waals surface area contributed by atoms with Gasteiger partial charge in [0.25, 0.3) is 5.56 Å². The molecule has 0 aliphatic carbocycles. The van der Waals surface area contributed by atoms with Gasteiger partial charge in [-0.2, -0.15) is 0 Å². The second-order valence-corrected chi connectivity index (χ2v) is 9.23. The Morgan fingerprint density at radius 2 is 1.56 bits per heavy atom. The molecule has 9 heteroatoms. The first-order valence-electron chi connectivity index (χ1n) is 10.9. The summed E-state index contributed by atoms with van der Waals surface area (Å²) >= 11 is 0. The minimum absolute atomic E-state index is 0.0616. The molecule has 0 atom stereocenters. The van der Waals surface area contributed by atoms with E-state index in [0.29, 0.717) is 28.9 Å². The normalized spacial score (nSPS) is 13.6. The van der Waals surface area contributed by atoms with Crippen LogP contribution in [0.1, 0.15) is 49.2 Å². The highest BCUT2D eigenvalue weighted by molar-refractivity contribution is 5.68. The summed E-state index contributed by atoms with van der Waals surface area (Å²) in [6, 6.07) is 10.6. The third kappa shape index (κ3) is 4.78. The molecule has 3 aromatic rings. The van der Waals surface area contributed by atoms with Crippen molar-refractivity contribution in [2.45, 2.75) is 45.4 Å². The predicted octanol–water partition coefficient (Wildman–Crippen LogP) is 4.03. The molecule has 34 heavy (non-hydrogen) atoms. The second-order valence-electron chi connectivity index (χ2n) is 9.23. The van der Waals surface area contributed by atoms with Gasteiger partial charge in [0.05, 0.1) is 18.3 Å². The number of nitrogens with two attached hydrogens (primary N) is 1. The standard InChI is InChI=1S/C25H26F2N4O3/c1-25(2,3)34-24(33)30-13-12-19-20(14-30)29-23(28)31(22(19)32)21(15-4-8-17(26)9-5-15)16-6-10-18(27)11-7-16/h4-11,21H,12-14H2,1-3H3,(H2,28,29). The molecule has 2 N–H and O–H groups in total. The van der Waals surface area contributed by atoms with Crippen LogP contribution in [0.15, 0.2) is 53.3 Å². The van der Waals surface area contributed by atoms with E-state index in [2.05, 4.69) is 4.98 Å². The number of benzene rings is 2. The van der Waals surface area contributed by atoms with E-state index in [1.165, 1.54) is 33.7 Å². The van der Waals surface area contributed by atoms with E-state index in [9.17, 15) is 18.4 Å². The van der Waals surface area contributed by atoms with Crippen molar-refractivity contribution in [2.24, 2.45) is 0 Å².